The second-order valence-corrected chi connectivity index (χ2v) is 2.71. The summed E-state index contributed by atoms with van der Waals surface area (Å²) in [6.45, 7) is 1.47. The summed E-state index contributed by atoms with van der Waals surface area (Å²) in [7, 11) is 0. The number of ketones is 1. The van der Waals surface area contributed by atoms with E-state index in [9.17, 15) is 9.59 Å². The molecule has 0 aromatic heterocycles. The molecule has 0 saturated carbocycles. The van der Waals surface area contributed by atoms with E-state index in [0.29, 0.717) is 11.1 Å². The highest BCUT2D eigenvalue weighted by Gasteiger charge is 2.04. The highest BCUT2D eigenvalue weighted by molar-refractivity contribution is 7.47. The van der Waals surface area contributed by atoms with Gasteiger partial charge in [-0.15, -0.1) is 4.36 Å². The van der Waals surface area contributed by atoms with Crippen molar-refractivity contribution >= 4 is 24.1 Å². The summed E-state index contributed by atoms with van der Waals surface area (Å²) in [5.41, 5.74) is 0.973. The molecule has 0 heterocycles. The van der Waals surface area contributed by atoms with Crippen LogP contribution in [0.3, 0.4) is 0 Å². The zero-order chi connectivity index (χ0) is 9.84. The highest BCUT2D eigenvalue weighted by Crippen LogP contribution is 2.06. The third kappa shape index (κ3) is 2.26. The molecule has 3 nitrogen and oxygen atoms in total. The molecule has 0 aliphatic heterocycles. The van der Waals surface area contributed by atoms with Crippen LogP contribution in [0.4, 0.5) is 0 Å². The van der Waals surface area contributed by atoms with E-state index in [4.69, 9.17) is 0 Å². The number of rotatable bonds is 2. The summed E-state index contributed by atoms with van der Waals surface area (Å²) in [5.74, 6) is -0.487. The zero-order valence-corrected chi connectivity index (χ0v) is 7.80. The molecule has 0 N–H and O–H groups in total. The second-order valence-electron chi connectivity index (χ2n) is 2.53. The first kappa shape index (κ1) is 9.67. The molecule has 0 aliphatic carbocycles. The minimum Gasteiger partial charge on any atom is -0.295 e. The molecule has 1 amide bonds. The van der Waals surface area contributed by atoms with E-state index in [1.54, 1.807) is 12.1 Å². The fraction of sp³-hybridized carbons (Fsp3) is 0.111. The fourth-order valence-corrected chi connectivity index (χ4v) is 1.01. The maximum absolute atomic E-state index is 10.9. The van der Waals surface area contributed by atoms with Gasteiger partial charge < -0.3 is 0 Å². The van der Waals surface area contributed by atoms with Crippen molar-refractivity contribution in [3.63, 3.8) is 0 Å². The van der Waals surface area contributed by atoms with Crippen molar-refractivity contribution in [3.8, 4) is 0 Å². The molecule has 66 valence electrons. The van der Waals surface area contributed by atoms with Crippen molar-refractivity contribution in [2.75, 3.05) is 0 Å². The first-order valence-corrected chi connectivity index (χ1v) is 4.00. The SMILES string of the molecule is CC(=O)c1ccc(C(=O)N=S)cc1. The maximum Gasteiger partial charge on any atom is 0.288 e. The Morgan fingerprint density at radius 2 is 1.62 bits per heavy atom. The number of benzene rings is 1. The molecule has 13 heavy (non-hydrogen) atoms. The molecule has 0 radical (unpaired) electrons. The van der Waals surface area contributed by atoms with E-state index >= 15 is 0 Å². The van der Waals surface area contributed by atoms with E-state index in [-0.39, 0.29) is 5.78 Å². The van der Waals surface area contributed by atoms with Crippen molar-refractivity contribution in [2.45, 2.75) is 6.92 Å². The lowest BCUT2D eigenvalue weighted by atomic mass is 10.1. The number of Topliss-reactive ketones (excluding diaryl/α,β-unsaturated/α-hetero) is 1. The number of hydrogen-bond donors (Lipinski definition) is 0. The Balaban J connectivity index is 3.00. The number of carbonyl (C=O) groups excluding carboxylic acids is 2. The van der Waals surface area contributed by atoms with Gasteiger partial charge in [-0.3, -0.25) is 9.59 Å². The lowest BCUT2D eigenvalue weighted by Gasteiger charge is -1.96. The Bertz CT molecular complexity index is 356. The Hall–Kier alpha value is -1.42. The Morgan fingerprint density at radius 1 is 1.15 bits per heavy atom. The second kappa shape index (κ2) is 4.00. The smallest absolute Gasteiger partial charge is 0.288 e. The first-order chi connectivity index (χ1) is 6.15. The molecule has 4 heteroatoms. The summed E-state index contributed by atoms with van der Waals surface area (Å²) in [6.07, 6.45) is 0. The monoisotopic (exact) mass is 193 g/mol. The van der Waals surface area contributed by atoms with Crippen LogP contribution in [-0.4, -0.2) is 11.7 Å². The van der Waals surface area contributed by atoms with Gasteiger partial charge in [0.05, 0.1) is 0 Å². The van der Waals surface area contributed by atoms with E-state index in [0.717, 1.165) is 0 Å². The van der Waals surface area contributed by atoms with Crippen molar-refractivity contribution in [3.05, 3.63) is 35.4 Å². The normalized spacial score (nSPS) is 9.31. The van der Waals surface area contributed by atoms with Gasteiger partial charge in [0, 0.05) is 23.6 Å². The van der Waals surface area contributed by atoms with Crippen LogP contribution >= 0.6 is 0 Å². The molecule has 0 bridgehead atoms. The maximum atomic E-state index is 10.9. The lowest BCUT2D eigenvalue weighted by Crippen LogP contribution is -1.96. The molecule has 1 aromatic carbocycles. The van der Waals surface area contributed by atoms with Gasteiger partial charge in [-0.2, -0.15) is 0 Å². The number of amides is 1. The molecule has 1 aromatic rings. The minimum absolute atomic E-state index is 0.0330. The van der Waals surface area contributed by atoms with Crippen LogP contribution in [0.1, 0.15) is 27.6 Å². The standard InChI is InChI=1S/C9H7NO2S/c1-6(11)7-2-4-8(5-3-7)9(12)10-13/h2-5H,1H3. The minimum atomic E-state index is -0.454. The van der Waals surface area contributed by atoms with Crippen LogP contribution < -0.4 is 0 Å². The topological polar surface area (TPSA) is 46.5 Å². The number of nitrogens with zero attached hydrogens (tertiary/aromatic N) is 1. The summed E-state index contributed by atoms with van der Waals surface area (Å²) >= 11 is 4.25. The molecule has 0 fully saturated rings. The molecule has 0 spiro atoms. The van der Waals surface area contributed by atoms with Crippen LogP contribution in [0.2, 0.25) is 0 Å². The van der Waals surface area contributed by atoms with Crippen molar-refractivity contribution in [2.24, 2.45) is 4.36 Å². The van der Waals surface area contributed by atoms with Crippen LogP contribution in [0.5, 0.6) is 0 Å². The summed E-state index contributed by atoms with van der Waals surface area (Å²) < 4.78 is 3.09. The van der Waals surface area contributed by atoms with E-state index in [1.807, 2.05) is 0 Å². The average Bonchev–Trinajstić information content (AvgIpc) is 2.17. The quantitative estimate of drug-likeness (QED) is 0.672. The third-order valence-electron chi connectivity index (χ3n) is 1.62. The Morgan fingerprint density at radius 3 is 2.00 bits per heavy atom. The third-order valence-corrected chi connectivity index (χ3v) is 1.79. The van der Waals surface area contributed by atoms with Gasteiger partial charge in [-0.25, -0.2) is 0 Å². The highest BCUT2D eigenvalue weighted by atomic mass is 32.1. The van der Waals surface area contributed by atoms with Crippen LogP contribution in [-0.2, 0) is 12.4 Å². The lowest BCUT2D eigenvalue weighted by molar-refractivity contribution is 0.0997. The van der Waals surface area contributed by atoms with Crippen LogP contribution in [0, 0.1) is 0 Å². The van der Waals surface area contributed by atoms with Crippen molar-refractivity contribution < 1.29 is 9.59 Å². The first-order valence-electron chi connectivity index (χ1n) is 3.64. The molecule has 1 rings (SSSR count). The molecule has 0 unspecified atom stereocenters. The molecule has 0 aliphatic rings. The molecular weight excluding hydrogens is 186 g/mol. The van der Waals surface area contributed by atoms with Crippen molar-refractivity contribution in [1.29, 1.82) is 0 Å². The van der Waals surface area contributed by atoms with Gasteiger partial charge in [0.15, 0.2) is 5.78 Å². The summed E-state index contributed by atoms with van der Waals surface area (Å²) in [6, 6.07) is 6.23. The zero-order valence-electron chi connectivity index (χ0n) is 6.98. The predicted octanol–water partition coefficient (Wildman–Crippen LogP) is 1.76. The molecule has 0 atom stereocenters. The number of hydrogen-bond acceptors (Lipinski definition) is 3. The van der Waals surface area contributed by atoms with Gasteiger partial charge >= 0.3 is 0 Å². The summed E-state index contributed by atoms with van der Waals surface area (Å²) in [4.78, 5) is 21.8. The van der Waals surface area contributed by atoms with Crippen LogP contribution in [0.25, 0.3) is 0 Å². The fourth-order valence-electron chi connectivity index (χ4n) is 0.900. The van der Waals surface area contributed by atoms with Gasteiger partial charge in [0.2, 0.25) is 0 Å². The predicted molar refractivity (Wildman–Crippen MR) is 50.6 cm³/mol. The average molecular weight is 193 g/mol. The van der Waals surface area contributed by atoms with E-state index in [1.165, 1.54) is 19.1 Å². The van der Waals surface area contributed by atoms with Crippen LogP contribution in [0.15, 0.2) is 28.6 Å². The van der Waals surface area contributed by atoms with Gasteiger partial charge in [-0.1, -0.05) is 12.1 Å². The van der Waals surface area contributed by atoms with Crippen molar-refractivity contribution in [1.82, 2.24) is 0 Å². The van der Waals surface area contributed by atoms with E-state index < -0.39 is 5.91 Å². The Labute approximate surface area is 80.9 Å². The summed E-state index contributed by atoms with van der Waals surface area (Å²) in [5, 5.41) is 0. The largest absolute Gasteiger partial charge is 0.295 e. The molecule has 0 saturated heterocycles. The Kier molecular flexibility index (Phi) is 2.97. The van der Waals surface area contributed by atoms with E-state index in [2.05, 4.69) is 16.8 Å². The van der Waals surface area contributed by atoms with Gasteiger partial charge in [0.25, 0.3) is 5.91 Å². The number of carbonyl (C=O) groups is 2. The van der Waals surface area contributed by atoms with Gasteiger partial charge in [0.1, 0.15) is 0 Å². The van der Waals surface area contributed by atoms with Gasteiger partial charge in [-0.05, 0) is 19.1 Å². The molecular formula is C9H7NO2S.